The maximum atomic E-state index is 12.0. The van der Waals surface area contributed by atoms with Crippen LogP contribution in [0.25, 0.3) is 17.0 Å². The van der Waals surface area contributed by atoms with Crippen LogP contribution in [0.2, 0.25) is 0 Å². The molecule has 1 heterocycles. The van der Waals surface area contributed by atoms with Gasteiger partial charge < -0.3 is 10.1 Å². The van der Waals surface area contributed by atoms with Crippen molar-refractivity contribution in [2.24, 2.45) is 0 Å². The lowest BCUT2D eigenvalue weighted by Crippen LogP contribution is -2.23. The van der Waals surface area contributed by atoms with Crippen molar-refractivity contribution in [3.63, 3.8) is 0 Å². The number of amides is 1. The monoisotopic (exact) mass is 332 g/mol. The Bertz CT molecular complexity index is 881. The summed E-state index contributed by atoms with van der Waals surface area (Å²) in [5.74, 6) is 0.723. The Morgan fingerprint density at radius 3 is 2.72 bits per heavy atom. The van der Waals surface area contributed by atoms with E-state index < -0.39 is 0 Å². The summed E-state index contributed by atoms with van der Waals surface area (Å²) in [5.41, 5.74) is 2.99. The molecule has 0 fully saturated rings. The van der Waals surface area contributed by atoms with Crippen LogP contribution in [0.4, 0.5) is 0 Å². The number of ether oxygens (including phenoxy) is 1. The topological polar surface area (TPSA) is 51.2 Å². The molecule has 3 aromatic rings. The minimum atomic E-state index is -0.110. The van der Waals surface area contributed by atoms with Crippen molar-refractivity contribution in [3.05, 3.63) is 78.0 Å². The molecule has 1 N–H and O–H groups in total. The molecular weight excluding hydrogens is 312 g/mol. The van der Waals surface area contributed by atoms with E-state index in [1.165, 1.54) is 0 Å². The van der Waals surface area contributed by atoms with Gasteiger partial charge in [-0.1, -0.05) is 36.4 Å². The molecule has 0 saturated carbocycles. The molecule has 1 amide bonds. The van der Waals surface area contributed by atoms with Gasteiger partial charge >= 0.3 is 0 Å². The zero-order valence-corrected chi connectivity index (χ0v) is 14.1. The van der Waals surface area contributed by atoms with E-state index in [0.717, 1.165) is 34.2 Å². The van der Waals surface area contributed by atoms with Crippen molar-refractivity contribution in [3.8, 4) is 5.75 Å². The van der Waals surface area contributed by atoms with E-state index >= 15 is 0 Å². The van der Waals surface area contributed by atoms with Crippen LogP contribution in [-0.2, 0) is 11.2 Å². The van der Waals surface area contributed by atoms with E-state index in [4.69, 9.17) is 4.74 Å². The van der Waals surface area contributed by atoms with Crippen LogP contribution in [0.3, 0.4) is 0 Å². The molecular formula is C21H20N2O2. The van der Waals surface area contributed by atoms with Gasteiger partial charge in [-0.15, -0.1) is 0 Å². The predicted octanol–water partition coefficient (Wildman–Crippen LogP) is 3.62. The summed E-state index contributed by atoms with van der Waals surface area (Å²) in [6.07, 6.45) is 5.89. The van der Waals surface area contributed by atoms with E-state index in [1.807, 2.05) is 54.6 Å². The second-order valence-corrected chi connectivity index (χ2v) is 5.64. The van der Waals surface area contributed by atoms with Gasteiger partial charge in [-0.05, 0) is 36.3 Å². The molecule has 2 aromatic carbocycles. The lowest BCUT2D eigenvalue weighted by atomic mass is 10.1. The molecule has 0 bridgehead atoms. The van der Waals surface area contributed by atoms with Crippen LogP contribution < -0.4 is 10.1 Å². The first-order valence-electron chi connectivity index (χ1n) is 8.19. The van der Waals surface area contributed by atoms with E-state index in [9.17, 15) is 4.79 Å². The van der Waals surface area contributed by atoms with E-state index in [2.05, 4.69) is 10.3 Å². The van der Waals surface area contributed by atoms with Crippen LogP contribution >= 0.6 is 0 Å². The van der Waals surface area contributed by atoms with Gasteiger partial charge in [-0.3, -0.25) is 9.78 Å². The fourth-order valence-electron chi connectivity index (χ4n) is 2.61. The number of methoxy groups -OCH3 is 1. The first kappa shape index (κ1) is 16.7. The highest BCUT2D eigenvalue weighted by Gasteiger charge is 2.00. The average molecular weight is 332 g/mol. The van der Waals surface area contributed by atoms with Crippen LogP contribution in [-0.4, -0.2) is 24.5 Å². The second-order valence-electron chi connectivity index (χ2n) is 5.64. The maximum Gasteiger partial charge on any atom is 0.244 e. The third-order valence-electron chi connectivity index (χ3n) is 3.95. The summed E-state index contributed by atoms with van der Waals surface area (Å²) in [4.78, 5) is 16.4. The third kappa shape index (κ3) is 4.44. The Morgan fingerprint density at radius 2 is 1.92 bits per heavy atom. The average Bonchev–Trinajstić information content (AvgIpc) is 2.67. The summed E-state index contributed by atoms with van der Waals surface area (Å²) >= 11 is 0. The van der Waals surface area contributed by atoms with Crippen molar-refractivity contribution >= 4 is 22.9 Å². The van der Waals surface area contributed by atoms with Crippen molar-refractivity contribution in [1.29, 1.82) is 0 Å². The standard InChI is InChI=1S/C21H20N2O2/c1-25-19-10-7-16(8-11-19)13-15-22-20(24)12-9-18-5-2-4-17-6-3-14-23-21(17)18/h2-12,14H,13,15H2,1H3,(H,22,24)/b12-9+. The molecule has 4 nitrogen and oxygen atoms in total. The van der Waals surface area contributed by atoms with Gasteiger partial charge in [0.05, 0.1) is 12.6 Å². The molecule has 3 rings (SSSR count). The molecule has 4 heteroatoms. The summed E-state index contributed by atoms with van der Waals surface area (Å²) in [5, 5.41) is 3.96. The third-order valence-corrected chi connectivity index (χ3v) is 3.95. The fourth-order valence-corrected chi connectivity index (χ4v) is 2.61. The number of pyridine rings is 1. The first-order chi connectivity index (χ1) is 12.3. The van der Waals surface area contributed by atoms with Crippen molar-refractivity contribution in [2.45, 2.75) is 6.42 Å². The lowest BCUT2D eigenvalue weighted by Gasteiger charge is -2.04. The minimum absolute atomic E-state index is 0.110. The number of rotatable bonds is 6. The van der Waals surface area contributed by atoms with E-state index in [0.29, 0.717) is 6.54 Å². The zero-order valence-electron chi connectivity index (χ0n) is 14.1. The Hall–Kier alpha value is -3.14. The Morgan fingerprint density at radius 1 is 1.12 bits per heavy atom. The number of hydrogen-bond acceptors (Lipinski definition) is 3. The minimum Gasteiger partial charge on any atom is -0.497 e. The normalized spacial score (nSPS) is 10.9. The molecule has 0 aliphatic heterocycles. The highest BCUT2D eigenvalue weighted by molar-refractivity contribution is 5.95. The van der Waals surface area contributed by atoms with E-state index in [1.54, 1.807) is 25.5 Å². The van der Waals surface area contributed by atoms with Crippen molar-refractivity contribution in [1.82, 2.24) is 10.3 Å². The van der Waals surface area contributed by atoms with Gasteiger partial charge in [-0.2, -0.15) is 0 Å². The predicted molar refractivity (Wildman–Crippen MR) is 100 cm³/mol. The molecule has 0 atom stereocenters. The number of benzene rings is 2. The number of nitrogens with zero attached hydrogens (tertiary/aromatic N) is 1. The Balaban J connectivity index is 1.55. The van der Waals surface area contributed by atoms with Gasteiger partial charge in [0.15, 0.2) is 0 Å². The van der Waals surface area contributed by atoms with Gasteiger partial charge in [0.2, 0.25) is 5.91 Å². The van der Waals surface area contributed by atoms with Gasteiger partial charge in [0, 0.05) is 29.8 Å². The summed E-state index contributed by atoms with van der Waals surface area (Å²) in [6.45, 7) is 0.587. The van der Waals surface area contributed by atoms with Crippen LogP contribution in [0.5, 0.6) is 5.75 Å². The number of nitrogens with one attached hydrogen (secondary N) is 1. The van der Waals surface area contributed by atoms with Crippen LogP contribution in [0.1, 0.15) is 11.1 Å². The van der Waals surface area contributed by atoms with E-state index in [-0.39, 0.29) is 5.91 Å². The lowest BCUT2D eigenvalue weighted by molar-refractivity contribution is -0.116. The second kappa shape index (κ2) is 8.11. The molecule has 0 aliphatic carbocycles. The van der Waals surface area contributed by atoms with Crippen molar-refractivity contribution < 1.29 is 9.53 Å². The first-order valence-corrected chi connectivity index (χ1v) is 8.19. The van der Waals surface area contributed by atoms with Gasteiger partial charge in [0.25, 0.3) is 0 Å². The van der Waals surface area contributed by atoms with Crippen LogP contribution in [0.15, 0.2) is 66.9 Å². The highest BCUT2D eigenvalue weighted by atomic mass is 16.5. The largest absolute Gasteiger partial charge is 0.497 e. The smallest absolute Gasteiger partial charge is 0.244 e. The number of fused-ring (bicyclic) bond motifs is 1. The molecule has 1 aromatic heterocycles. The zero-order chi connectivity index (χ0) is 17.5. The molecule has 0 spiro atoms. The van der Waals surface area contributed by atoms with Crippen molar-refractivity contribution in [2.75, 3.05) is 13.7 Å². The molecule has 25 heavy (non-hydrogen) atoms. The maximum absolute atomic E-state index is 12.0. The number of carbonyl (C=O) groups is 1. The molecule has 0 aliphatic rings. The quantitative estimate of drug-likeness (QED) is 0.702. The number of carbonyl (C=O) groups excluding carboxylic acids is 1. The summed E-state index contributed by atoms with van der Waals surface area (Å²) in [7, 11) is 1.65. The molecule has 126 valence electrons. The van der Waals surface area contributed by atoms with Gasteiger partial charge in [-0.25, -0.2) is 0 Å². The molecule has 0 radical (unpaired) electrons. The number of hydrogen-bond donors (Lipinski definition) is 1. The summed E-state index contributed by atoms with van der Waals surface area (Å²) in [6, 6.07) is 17.7. The highest BCUT2D eigenvalue weighted by Crippen LogP contribution is 2.17. The Kier molecular flexibility index (Phi) is 5.42. The summed E-state index contributed by atoms with van der Waals surface area (Å²) < 4.78 is 5.13. The SMILES string of the molecule is COc1ccc(CCNC(=O)/C=C/c2cccc3cccnc23)cc1. The molecule has 0 unspecified atom stereocenters. The van der Waals surface area contributed by atoms with Gasteiger partial charge in [0.1, 0.15) is 5.75 Å². The fraction of sp³-hybridized carbons (Fsp3) is 0.143. The number of aromatic nitrogens is 1. The number of para-hydroxylation sites is 1. The molecule has 0 saturated heterocycles. The Labute approximate surface area is 147 Å². The van der Waals surface area contributed by atoms with Crippen LogP contribution in [0, 0.1) is 0 Å².